The van der Waals surface area contributed by atoms with E-state index in [2.05, 4.69) is 37.4 Å². The molecule has 0 aliphatic carbocycles. The Kier molecular flexibility index (Phi) is 18.1. The predicted octanol–water partition coefficient (Wildman–Crippen LogP) is 6.06. The third-order valence-corrected chi connectivity index (χ3v) is 7.94. The molecule has 0 aromatic heterocycles. The summed E-state index contributed by atoms with van der Waals surface area (Å²) in [5.41, 5.74) is 18.6. The van der Waals surface area contributed by atoms with Gasteiger partial charge in [0.15, 0.2) is 23.0 Å². The minimum Gasteiger partial charge on any atom is -0.508 e. The molecule has 0 heterocycles. The molecular formula is C40H57N3O6. The highest BCUT2D eigenvalue weighted by Gasteiger charge is 2.11. The molecule has 0 saturated carbocycles. The van der Waals surface area contributed by atoms with Crippen molar-refractivity contribution in [2.75, 3.05) is 41.5 Å². The average molecular weight is 676 g/mol. The molecule has 0 amide bonds. The fraction of sp³-hybridized carbons (Fsp3) is 0.400. The van der Waals surface area contributed by atoms with Gasteiger partial charge in [-0.25, -0.2) is 0 Å². The topological polar surface area (TPSA) is 141 Å². The van der Waals surface area contributed by atoms with Crippen molar-refractivity contribution in [1.29, 1.82) is 0 Å². The molecule has 9 nitrogen and oxygen atoms in total. The summed E-state index contributed by atoms with van der Waals surface area (Å²) in [6.07, 6.45) is 2.00. The van der Waals surface area contributed by atoms with Crippen LogP contribution in [0.15, 0.2) is 78.9 Å². The monoisotopic (exact) mass is 675 g/mol. The van der Waals surface area contributed by atoms with E-state index >= 15 is 0 Å². The number of aromatic hydroxyl groups is 1. The number of ether oxygens (including phenoxy) is 4. The summed E-state index contributed by atoms with van der Waals surface area (Å²) in [6.45, 7) is 9.51. The van der Waals surface area contributed by atoms with Gasteiger partial charge in [-0.1, -0.05) is 48.5 Å². The number of nitrogens with one attached hydrogen (secondary N) is 1. The summed E-state index contributed by atoms with van der Waals surface area (Å²) in [7, 11) is 6.51. The van der Waals surface area contributed by atoms with Gasteiger partial charge in [0.25, 0.3) is 0 Å². The highest BCUT2D eigenvalue weighted by atomic mass is 16.5. The molecule has 9 heteroatoms. The zero-order valence-electron chi connectivity index (χ0n) is 30.5. The van der Waals surface area contributed by atoms with Crippen molar-refractivity contribution in [3.05, 3.63) is 112 Å². The van der Waals surface area contributed by atoms with E-state index in [1.807, 2.05) is 50.2 Å². The Morgan fingerprint density at radius 3 is 1.88 bits per heavy atom. The Labute approximate surface area is 293 Å². The van der Waals surface area contributed by atoms with Crippen LogP contribution < -0.4 is 35.7 Å². The number of nitrogens with two attached hydrogens (primary N) is 2. The number of rotatable bonds is 14. The lowest BCUT2D eigenvalue weighted by atomic mass is 9.99. The minimum absolute atomic E-state index is 0.121. The maximum absolute atomic E-state index is 10.1. The number of aliphatic hydroxyl groups excluding tert-OH is 1. The first-order chi connectivity index (χ1) is 23.4. The summed E-state index contributed by atoms with van der Waals surface area (Å²) in [6, 6.07) is 25.0. The molecule has 4 aromatic carbocycles. The van der Waals surface area contributed by atoms with Gasteiger partial charge < -0.3 is 45.9 Å². The molecule has 7 N–H and O–H groups in total. The van der Waals surface area contributed by atoms with Crippen LogP contribution in [-0.2, 0) is 19.3 Å². The summed E-state index contributed by atoms with van der Waals surface area (Å²) >= 11 is 0. The lowest BCUT2D eigenvalue weighted by molar-refractivity contribution is 0.175. The molecule has 0 fully saturated rings. The molecular weight excluding hydrogens is 618 g/mol. The standard InChI is InChI=1S/C18H23NO4.C11H17NO2.C11H17N/c1-22-17-8-3-13(11-18(17)23-2)9-10-19-12-16(21)14-4-6-15(20)7-5-14;1-8(12)7-9-5-4-6-10(13-2)11(9)14-3;1-8-5-4-6-11(10(8)3)7-9(2)12/h3-8,11,16,19-21H,9-10,12H2,1-2H3;4-6,8H,7,12H2,1-3H3;4-6,9H,7,12H2,1-3H3/t16-;;/m0../s1. The van der Waals surface area contributed by atoms with Gasteiger partial charge >= 0.3 is 0 Å². The van der Waals surface area contributed by atoms with Crippen LogP contribution in [0.1, 0.15) is 53.3 Å². The zero-order valence-corrected chi connectivity index (χ0v) is 30.5. The van der Waals surface area contributed by atoms with Crippen molar-refractivity contribution in [3.8, 4) is 28.7 Å². The Hall–Kier alpha value is -4.28. The van der Waals surface area contributed by atoms with Crippen molar-refractivity contribution >= 4 is 0 Å². The lowest BCUT2D eigenvalue weighted by Gasteiger charge is -2.13. The fourth-order valence-corrected chi connectivity index (χ4v) is 5.16. The van der Waals surface area contributed by atoms with Crippen LogP contribution in [0.2, 0.25) is 0 Å². The van der Waals surface area contributed by atoms with Gasteiger partial charge in [0.2, 0.25) is 0 Å². The Balaban J connectivity index is 0.000000275. The van der Waals surface area contributed by atoms with Gasteiger partial charge in [0, 0.05) is 18.6 Å². The number of hydrogen-bond acceptors (Lipinski definition) is 9. The number of aliphatic hydroxyl groups is 1. The summed E-state index contributed by atoms with van der Waals surface area (Å²) in [4.78, 5) is 0. The van der Waals surface area contributed by atoms with Crippen LogP contribution in [0.3, 0.4) is 0 Å². The Bertz CT molecular complexity index is 1530. The van der Waals surface area contributed by atoms with Crippen molar-refractivity contribution in [1.82, 2.24) is 5.32 Å². The second-order valence-corrected chi connectivity index (χ2v) is 12.1. The van der Waals surface area contributed by atoms with E-state index in [1.54, 1.807) is 52.7 Å². The molecule has 49 heavy (non-hydrogen) atoms. The number of methoxy groups -OCH3 is 4. The number of aryl methyl sites for hydroxylation is 1. The van der Waals surface area contributed by atoms with Crippen LogP contribution in [-0.4, -0.2) is 63.8 Å². The van der Waals surface area contributed by atoms with E-state index in [0.717, 1.165) is 54.0 Å². The predicted molar refractivity (Wildman–Crippen MR) is 199 cm³/mol. The quantitative estimate of drug-likeness (QED) is 0.101. The molecule has 0 saturated heterocycles. The molecule has 268 valence electrons. The van der Waals surface area contributed by atoms with Crippen LogP contribution >= 0.6 is 0 Å². The molecule has 4 aromatic rings. The van der Waals surface area contributed by atoms with Crippen LogP contribution in [0.4, 0.5) is 0 Å². The second kappa shape index (κ2) is 21.6. The third kappa shape index (κ3) is 14.0. The van der Waals surface area contributed by atoms with Crippen LogP contribution in [0.5, 0.6) is 28.7 Å². The van der Waals surface area contributed by atoms with Crippen LogP contribution in [0, 0.1) is 13.8 Å². The SMILES string of the molecule is COc1ccc(CCNC[C@H](O)c2ccc(O)cc2)cc1OC.COc1cccc(CC(C)N)c1OC.Cc1cccc(CC(C)N)c1C. The Morgan fingerprint density at radius 1 is 0.694 bits per heavy atom. The maximum Gasteiger partial charge on any atom is 0.163 e. The number of para-hydroxylation sites is 1. The summed E-state index contributed by atoms with van der Waals surface area (Å²) in [5.74, 6) is 3.17. The molecule has 0 bridgehead atoms. The first-order valence-corrected chi connectivity index (χ1v) is 16.6. The highest BCUT2D eigenvalue weighted by molar-refractivity contribution is 5.47. The zero-order chi connectivity index (χ0) is 36.3. The smallest absolute Gasteiger partial charge is 0.163 e. The molecule has 4 rings (SSSR count). The van der Waals surface area contributed by atoms with E-state index in [-0.39, 0.29) is 17.8 Å². The van der Waals surface area contributed by atoms with E-state index in [4.69, 9.17) is 30.4 Å². The number of phenolic OH excluding ortho intramolecular Hbond substituents is 1. The fourth-order valence-electron chi connectivity index (χ4n) is 5.16. The largest absolute Gasteiger partial charge is 0.508 e. The lowest BCUT2D eigenvalue weighted by Crippen LogP contribution is -2.23. The van der Waals surface area contributed by atoms with Gasteiger partial charge in [0.05, 0.1) is 34.5 Å². The van der Waals surface area contributed by atoms with Gasteiger partial charge in [-0.05, 0) is 117 Å². The number of benzene rings is 4. The second-order valence-electron chi connectivity index (χ2n) is 12.1. The van der Waals surface area contributed by atoms with Gasteiger partial charge in [-0.2, -0.15) is 0 Å². The summed E-state index contributed by atoms with van der Waals surface area (Å²) < 4.78 is 21.0. The van der Waals surface area contributed by atoms with Crippen molar-refractivity contribution in [2.24, 2.45) is 11.5 Å². The molecule has 0 aliphatic heterocycles. The molecule has 2 unspecified atom stereocenters. The molecule has 3 atom stereocenters. The normalized spacial score (nSPS) is 12.3. The van der Waals surface area contributed by atoms with E-state index < -0.39 is 6.10 Å². The molecule has 0 aliphatic rings. The maximum atomic E-state index is 10.1. The third-order valence-electron chi connectivity index (χ3n) is 7.94. The van der Waals surface area contributed by atoms with Crippen LogP contribution in [0.25, 0.3) is 0 Å². The first kappa shape index (κ1) is 40.9. The van der Waals surface area contributed by atoms with Gasteiger partial charge in [-0.3, -0.25) is 0 Å². The van der Waals surface area contributed by atoms with E-state index in [9.17, 15) is 10.2 Å². The van der Waals surface area contributed by atoms with Crippen molar-refractivity contribution in [3.63, 3.8) is 0 Å². The highest BCUT2D eigenvalue weighted by Crippen LogP contribution is 2.31. The van der Waals surface area contributed by atoms with E-state index in [0.29, 0.717) is 18.0 Å². The summed E-state index contributed by atoms with van der Waals surface area (Å²) in [5, 5.41) is 22.5. The number of phenols is 1. The number of hydrogen-bond donors (Lipinski definition) is 5. The van der Waals surface area contributed by atoms with Crippen molar-refractivity contribution in [2.45, 2.75) is 65.1 Å². The Morgan fingerprint density at radius 2 is 1.29 bits per heavy atom. The van der Waals surface area contributed by atoms with Gasteiger partial charge in [0.1, 0.15) is 5.75 Å². The average Bonchev–Trinajstić information content (AvgIpc) is 3.08. The first-order valence-electron chi connectivity index (χ1n) is 16.6. The molecule has 0 spiro atoms. The van der Waals surface area contributed by atoms with E-state index in [1.165, 1.54) is 16.7 Å². The molecule has 0 radical (unpaired) electrons. The van der Waals surface area contributed by atoms with Gasteiger partial charge in [-0.15, -0.1) is 0 Å². The minimum atomic E-state index is -0.596. The van der Waals surface area contributed by atoms with Crippen molar-refractivity contribution < 1.29 is 29.2 Å².